The minimum absolute atomic E-state index is 0.0737. The molecule has 0 aliphatic heterocycles. The maximum atomic E-state index is 12.3. The fourth-order valence-electron chi connectivity index (χ4n) is 2.49. The Morgan fingerprint density at radius 3 is 2.40 bits per heavy atom. The van der Waals surface area contributed by atoms with Gasteiger partial charge in [-0.25, -0.2) is 0 Å². The number of nitrogens with zero attached hydrogens (tertiary/aromatic N) is 1. The highest BCUT2D eigenvalue weighted by atomic mass is 35.5. The topological polar surface area (TPSA) is 64.9 Å². The van der Waals surface area contributed by atoms with Gasteiger partial charge in [-0.3, -0.25) is 4.79 Å². The summed E-state index contributed by atoms with van der Waals surface area (Å²) in [5.74, 6) is -0.568. The molecule has 2 aromatic rings. The zero-order valence-corrected chi connectivity index (χ0v) is 15.6. The third kappa shape index (κ3) is 4.54. The van der Waals surface area contributed by atoms with Gasteiger partial charge >= 0.3 is 0 Å². The van der Waals surface area contributed by atoms with E-state index < -0.39 is 5.91 Å². The quantitative estimate of drug-likeness (QED) is 0.558. The Hall–Kier alpha value is -2.48. The second-order valence-corrected chi connectivity index (χ2v) is 6.43. The molecule has 0 saturated heterocycles. The van der Waals surface area contributed by atoms with Crippen LogP contribution in [0.25, 0.3) is 0 Å². The number of halogens is 2. The first kappa shape index (κ1) is 18.9. The summed E-state index contributed by atoms with van der Waals surface area (Å²) in [6.07, 6.45) is 1.39. The second-order valence-electron chi connectivity index (χ2n) is 5.64. The molecule has 6 heteroatoms. The van der Waals surface area contributed by atoms with Crippen LogP contribution in [0.2, 0.25) is 10.0 Å². The Kier molecular flexibility index (Phi) is 6.08. The summed E-state index contributed by atoms with van der Waals surface area (Å²) in [4.78, 5) is 12.3. The number of hydrogen-bond acceptors (Lipinski definition) is 3. The van der Waals surface area contributed by atoms with E-state index in [2.05, 4.69) is 10.6 Å². The molecule has 2 aromatic carbocycles. The van der Waals surface area contributed by atoms with E-state index in [1.54, 1.807) is 18.2 Å². The number of nitrogens with one attached hydrogen (secondary N) is 2. The molecule has 25 heavy (non-hydrogen) atoms. The van der Waals surface area contributed by atoms with Gasteiger partial charge in [-0.1, -0.05) is 47.0 Å². The summed E-state index contributed by atoms with van der Waals surface area (Å²) in [6.45, 7) is 5.95. The maximum absolute atomic E-state index is 12.3. The molecule has 0 aromatic heterocycles. The Labute approximate surface area is 157 Å². The van der Waals surface area contributed by atoms with E-state index in [9.17, 15) is 10.1 Å². The van der Waals surface area contributed by atoms with Gasteiger partial charge in [-0.15, -0.1) is 0 Å². The van der Waals surface area contributed by atoms with Crippen LogP contribution in [0.15, 0.2) is 42.1 Å². The molecule has 0 radical (unpaired) electrons. The highest BCUT2D eigenvalue weighted by Gasteiger charge is 2.13. The third-order valence-corrected chi connectivity index (χ3v) is 4.42. The van der Waals surface area contributed by atoms with Crippen molar-refractivity contribution in [2.45, 2.75) is 20.8 Å². The summed E-state index contributed by atoms with van der Waals surface area (Å²) in [7, 11) is 0. The number of amides is 1. The number of hydrogen-bond donors (Lipinski definition) is 2. The van der Waals surface area contributed by atoms with E-state index in [1.807, 2.05) is 39.0 Å². The Morgan fingerprint density at radius 2 is 1.80 bits per heavy atom. The molecule has 0 spiro atoms. The largest absolute Gasteiger partial charge is 0.360 e. The number of benzene rings is 2. The number of carbonyl (C=O) groups is 1. The Balaban J connectivity index is 2.22. The molecule has 128 valence electrons. The van der Waals surface area contributed by atoms with E-state index >= 15 is 0 Å². The van der Waals surface area contributed by atoms with Crippen molar-refractivity contribution < 1.29 is 4.79 Å². The molecule has 0 aliphatic carbocycles. The van der Waals surface area contributed by atoms with Gasteiger partial charge < -0.3 is 10.6 Å². The average molecular weight is 374 g/mol. The lowest BCUT2D eigenvalue weighted by Gasteiger charge is -2.12. The minimum atomic E-state index is -0.568. The number of aryl methyl sites for hydroxylation is 3. The molecule has 0 heterocycles. The number of nitriles is 1. The summed E-state index contributed by atoms with van der Waals surface area (Å²) in [5.41, 5.74) is 4.36. The van der Waals surface area contributed by atoms with Crippen molar-refractivity contribution in [3.63, 3.8) is 0 Å². The van der Waals surface area contributed by atoms with Crippen LogP contribution in [0.3, 0.4) is 0 Å². The number of rotatable bonds is 4. The van der Waals surface area contributed by atoms with Crippen LogP contribution in [-0.2, 0) is 4.79 Å². The van der Waals surface area contributed by atoms with Gasteiger partial charge in [0.2, 0.25) is 0 Å². The molecule has 0 saturated carbocycles. The summed E-state index contributed by atoms with van der Waals surface area (Å²) >= 11 is 12.0. The van der Waals surface area contributed by atoms with E-state index in [0.717, 1.165) is 22.4 Å². The second kappa shape index (κ2) is 8.06. The highest BCUT2D eigenvalue weighted by Crippen LogP contribution is 2.29. The molecule has 2 rings (SSSR count). The summed E-state index contributed by atoms with van der Waals surface area (Å²) in [5, 5.41) is 15.5. The molecular weight excluding hydrogens is 357 g/mol. The Morgan fingerprint density at radius 1 is 1.16 bits per heavy atom. The van der Waals surface area contributed by atoms with Gasteiger partial charge in [0.25, 0.3) is 5.91 Å². The lowest BCUT2D eigenvalue weighted by Crippen LogP contribution is -2.15. The first-order valence-corrected chi connectivity index (χ1v) is 8.29. The van der Waals surface area contributed by atoms with Gasteiger partial charge in [-0.2, -0.15) is 5.26 Å². The van der Waals surface area contributed by atoms with Gasteiger partial charge in [-0.05, 0) is 44.0 Å². The van der Waals surface area contributed by atoms with Crippen molar-refractivity contribution in [3.8, 4) is 6.07 Å². The van der Waals surface area contributed by atoms with Crippen LogP contribution in [0.5, 0.6) is 0 Å². The fraction of sp³-hybridized carbons (Fsp3) is 0.158. The predicted octanol–water partition coefficient (Wildman–Crippen LogP) is 5.38. The monoisotopic (exact) mass is 373 g/mol. The normalized spacial score (nSPS) is 11.0. The number of carbonyl (C=O) groups excluding carboxylic acids is 1. The van der Waals surface area contributed by atoms with Crippen LogP contribution in [0.1, 0.15) is 16.7 Å². The van der Waals surface area contributed by atoms with E-state index in [-0.39, 0.29) is 10.6 Å². The van der Waals surface area contributed by atoms with Crippen LogP contribution >= 0.6 is 23.2 Å². The van der Waals surface area contributed by atoms with Gasteiger partial charge in [0.05, 0.1) is 15.7 Å². The first-order chi connectivity index (χ1) is 11.8. The minimum Gasteiger partial charge on any atom is -0.360 e. The van der Waals surface area contributed by atoms with Gasteiger partial charge in [0.1, 0.15) is 11.6 Å². The average Bonchev–Trinajstić information content (AvgIpc) is 2.54. The van der Waals surface area contributed by atoms with Gasteiger partial charge in [0.15, 0.2) is 0 Å². The summed E-state index contributed by atoms with van der Waals surface area (Å²) in [6, 6.07) is 10.8. The lowest BCUT2D eigenvalue weighted by atomic mass is 10.1. The fourth-order valence-corrected chi connectivity index (χ4v) is 2.84. The molecule has 0 fully saturated rings. The Bertz CT molecular complexity index is 875. The van der Waals surface area contributed by atoms with Crippen molar-refractivity contribution in [1.29, 1.82) is 5.26 Å². The smallest absolute Gasteiger partial charge is 0.267 e. The van der Waals surface area contributed by atoms with Crippen molar-refractivity contribution in [1.82, 2.24) is 0 Å². The molecule has 1 amide bonds. The number of anilines is 2. The first-order valence-electron chi connectivity index (χ1n) is 7.53. The van der Waals surface area contributed by atoms with Crippen molar-refractivity contribution in [3.05, 3.63) is 68.8 Å². The molecule has 4 nitrogen and oxygen atoms in total. The summed E-state index contributed by atoms with van der Waals surface area (Å²) < 4.78 is 0. The lowest BCUT2D eigenvalue weighted by molar-refractivity contribution is -0.112. The van der Waals surface area contributed by atoms with Crippen LogP contribution < -0.4 is 10.6 Å². The van der Waals surface area contributed by atoms with Gasteiger partial charge in [0, 0.05) is 11.9 Å². The van der Waals surface area contributed by atoms with E-state index in [0.29, 0.717) is 10.7 Å². The molecule has 0 unspecified atom stereocenters. The standard InChI is InChI=1S/C19H17Cl2N3O/c1-11-7-12(2)18(13(3)8-11)23-10-14(9-22)19(25)24-16-6-4-5-15(20)17(16)21/h4-8,10,23H,1-3H3,(H,24,25)/b14-10-. The van der Waals surface area contributed by atoms with Crippen LogP contribution in [0.4, 0.5) is 11.4 Å². The molecule has 2 N–H and O–H groups in total. The van der Waals surface area contributed by atoms with Crippen LogP contribution in [-0.4, -0.2) is 5.91 Å². The maximum Gasteiger partial charge on any atom is 0.267 e. The van der Waals surface area contributed by atoms with E-state index in [1.165, 1.54) is 6.20 Å². The SMILES string of the molecule is Cc1cc(C)c(N/C=C(/C#N)C(=O)Nc2cccc(Cl)c2Cl)c(C)c1. The molecule has 0 aliphatic rings. The van der Waals surface area contributed by atoms with Crippen LogP contribution in [0, 0.1) is 32.1 Å². The zero-order chi connectivity index (χ0) is 18.6. The molecular formula is C19H17Cl2N3O. The predicted molar refractivity (Wildman–Crippen MR) is 103 cm³/mol. The third-order valence-electron chi connectivity index (χ3n) is 3.60. The van der Waals surface area contributed by atoms with Crippen molar-refractivity contribution in [2.24, 2.45) is 0 Å². The molecule has 0 atom stereocenters. The van der Waals surface area contributed by atoms with Crippen molar-refractivity contribution >= 4 is 40.5 Å². The highest BCUT2D eigenvalue weighted by molar-refractivity contribution is 6.44. The zero-order valence-electron chi connectivity index (χ0n) is 14.1. The van der Waals surface area contributed by atoms with E-state index in [4.69, 9.17) is 23.2 Å². The van der Waals surface area contributed by atoms with Crippen molar-refractivity contribution in [2.75, 3.05) is 10.6 Å². The molecule has 0 bridgehead atoms.